The molecule has 2 N–H and O–H groups in total. The molecule has 1 heterocycles. The molecule has 0 radical (unpaired) electrons. The number of carbonyl (C=O) groups is 2. The highest BCUT2D eigenvalue weighted by Gasteiger charge is 2.15. The molecule has 6 heteroatoms. The van der Waals surface area contributed by atoms with E-state index < -0.39 is 12.1 Å². The number of amides is 1. The first-order valence-electron chi connectivity index (χ1n) is 7.10. The van der Waals surface area contributed by atoms with Crippen LogP contribution in [0.4, 0.5) is 0 Å². The van der Waals surface area contributed by atoms with Gasteiger partial charge in [0.1, 0.15) is 5.75 Å². The normalized spacial score (nSPS) is 12.0. The molecule has 1 aromatic heterocycles. The summed E-state index contributed by atoms with van der Waals surface area (Å²) in [5.74, 6) is 0.0276. The average molecular weight is 304 g/mol. The predicted molar refractivity (Wildman–Crippen MR) is 82.8 cm³/mol. The van der Waals surface area contributed by atoms with Crippen LogP contribution in [-0.4, -0.2) is 36.6 Å². The number of methoxy groups -OCH3 is 1. The molecule has 0 aliphatic heterocycles. The molecule has 0 bridgehead atoms. The lowest BCUT2D eigenvalue weighted by atomic mass is 10.1. The maximum atomic E-state index is 11.8. The second-order valence-electron chi connectivity index (χ2n) is 5.02. The van der Waals surface area contributed by atoms with Crippen LogP contribution in [0.5, 0.6) is 5.75 Å². The van der Waals surface area contributed by atoms with Crippen molar-refractivity contribution in [3.8, 4) is 5.75 Å². The first kappa shape index (κ1) is 15.9. The third-order valence-electron chi connectivity index (χ3n) is 3.38. The lowest BCUT2D eigenvalue weighted by molar-refractivity contribution is -0.152. The van der Waals surface area contributed by atoms with E-state index in [1.165, 1.54) is 6.92 Å². The Bertz CT molecular complexity index is 678. The Balaban J connectivity index is 1.94. The monoisotopic (exact) mass is 304 g/mol. The SMILES string of the molecule is COc1ccc2[nH]cc(CCNC(=O)[C@H](C)OC(C)=O)c2c1. The molecule has 2 rings (SSSR count). The predicted octanol–water partition coefficient (Wildman–Crippen LogP) is 1.79. The smallest absolute Gasteiger partial charge is 0.303 e. The summed E-state index contributed by atoms with van der Waals surface area (Å²) in [4.78, 5) is 25.8. The molecule has 0 spiro atoms. The highest BCUT2D eigenvalue weighted by Crippen LogP contribution is 2.23. The van der Waals surface area contributed by atoms with Crippen LogP contribution in [0.3, 0.4) is 0 Å². The summed E-state index contributed by atoms with van der Waals surface area (Å²) >= 11 is 0. The molecule has 0 aliphatic rings. The van der Waals surface area contributed by atoms with E-state index >= 15 is 0 Å². The van der Waals surface area contributed by atoms with E-state index in [1.54, 1.807) is 14.0 Å². The van der Waals surface area contributed by atoms with E-state index in [9.17, 15) is 9.59 Å². The van der Waals surface area contributed by atoms with Gasteiger partial charge in [0, 0.05) is 30.6 Å². The summed E-state index contributed by atoms with van der Waals surface area (Å²) in [5.41, 5.74) is 2.12. The summed E-state index contributed by atoms with van der Waals surface area (Å²) < 4.78 is 10.1. The fourth-order valence-corrected chi connectivity index (χ4v) is 2.26. The summed E-state index contributed by atoms with van der Waals surface area (Å²) in [6.45, 7) is 3.30. The molecule has 118 valence electrons. The van der Waals surface area contributed by atoms with Crippen LogP contribution < -0.4 is 10.1 Å². The van der Waals surface area contributed by atoms with Crippen LogP contribution in [-0.2, 0) is 20.7 Å². The topological polar surface area (TPSA) is 80.4 Å². The van der Waals surface area contributed by atoms with Crippen molar-refractivity contribution >= 4 is 22.8 Å². The first-order valence-corrected chi connectivity index (χ1v) is 7.10. The van der Waals surface area contributed by atoms with E-state index in [-0.39, 0.29) is 5.91 Å². The molecule has 0 fully saturated rings. The molecule has 1 atom stereocenters. The minimum absolute atomic E-state index is 0.298. The third-order valence-corrected chi connectivity index (χ3v) is 3.38. The van der Waals surface area contributed by atoms with Crippen LogP contribution >= 0.6 is 0 Å². The Morgan fingerprint density at radius 3 is 2.82 bits per heavy atom. The van der Waals surface area contributed by atoms with Crippen molar-refractivity contribution in [1.82, 2.24) is 10.3 Å². The molecule has 1 aromatic carbocycles. The van der Waals surface area contributed by atoms with Gasteiger partial charge in [-0.25, -0.2) is 0 Å². The summed E-state index contributed by atoms with van der Waals surface area (Å²) in [7, 11) is 1.63. The molecule has 1 amide bonds. The van der Waals surface area contributed by atoms with Crippen LogP contribution in [0.1, 0.15) is 19.4 Å². The number of rotatable bonds is 6. The quantitative estimate of drug-likeness (QED) is 0.797. The zero-order valence-electron chi connectivity index (χ0n) is 12.9. The number of hydrogen-bond acceptors (Lipinski definition) is 4. The molecular formula is C16H20N2O4. The van der Waals surface area contributed by atoms with Gasteiger partial charge < -0.3 is 19.8 Å². The molecule has 22 heavy (non-hydrogen) atoms. The standard InChI is InChI=1S/C16H20N2O4/c1-10(22-11(2)19)16(20)17-7-6-12-9-18-15-5-4-13(21-3)8-14(12)15/h4-5,8-10,18H,6-7H2,1-3H3,(H,17,20)/t10-/m0/s1. The third kappa shape index (κ3) is 3.78. The molecular weight excluding hydrogens is 284 g/mol. The number of fused-ring (bicyclic) bond motifs is 1. The van der Waals surface area contributed by atoms with Crippen LogP contribution in [0.2, 0.25) is 0 Å². The van der Waals surface area contributed by atoms with Crippen molar-refractivity contribution < 1.29 is 19.1 Å². The Morgan fingerprint density at radius 2 is 2.14 bits per heavy atom. The van der Waals surface area contributed by atoms with Crippen molar-refractivity contribution in [3.05, 3.63) is 30.0 Å². The maximum Gasteiger partial charge on any atom is 0.303 e. The summed E-state index contributed by atoms with van der Waals surface area (Å²) in [6, 6.07) is 5.81. The largest absolute Gasteiger partial charge is 0.497 e. The first-order chi connectivity index (χ1) is 10.5. The van der Waals surface area contributed by atoms with Crippen LogP contribution in [0, 0.1) is 0 Å². The number of ether oxygens (including phenoxy) is 2. The number of carbonyl (C=O) groups excluding carboxylic acids is 2. The zero-order chi connectivity index (χ0) is 16.1. The van der Waals surface area contributed by atoms with Gasteiger partial charge in [0.15, 0.2) is 6.10 Å². The van der Waals surface area contributed by atoms with Crippen LogP contribution in [0.25, 0.3) is 10.9 Å². The molecule has 0 unspecified atom stereocenters. The number of benzene rings is 1. The minimum Gasteiger partial charge on any atom is -0.497 e. The van der Waals surface area contributed by atoms with E-state index in [4.69, 9.17) is 9.47 Å². The highest BCUT2D eigenvalue weighted by atomic mass is 16.5. The number of nitrogens with one attached hydrogen (secondary N) is 2. The van der Waals surface area contributed by atoms with Crippen molar-refractivity contribution in [3.63, 3.8) is 0 Å². The second-order valence-corrected chi connectivity index (χ2v) is 5.02. The van der Waals surface area contributed by atoms with Crippen molar-refractivity contribution in [2.75, 3.05) is 13.7 Å². The van der Waals surface area contributed by atoms with E-state index in [1.807, 2.05) is 24.4 Å². The number of esters is 1. The average Bonchev–Trinajstić information content (AvgIpc) is 2.88. The zero-order valence-corrected chi connectivity index (χ0v) is 12.9. The van der Waals surface area contributed by atoms with Gasteiger partial charge in [-0.2, -0.15) is 0 Å². The minimum atomic E-state index is -0.777. The Morgan fingerprint density at radius 1 is 1.36 bits per heavy atom. The van der Waals surface area contributed by atoms with Gasteiger partial charge >= 0.3 is 5.97 Å². The number of aromatic nitrogens is 1. The Hall–Kier alpha value is -2.50. The molecule has 0 saturated carbocycles. The summed E-state index contributed by atoms with van der Waals surface area (Å²) in [5, 5.41) is 3.83. The van der Waals surface area contributed by atoms with Crippen molar-refractivity contribution in [2.24, 2.45) is 0 Å². The van der Waals surface area contributed by atoms with Gasteiger partial charge in [-0.3, -0.25) is 9.59 Å². The molecule has 0 aliphatic carbocycles. The van der Waals surface area contributed by atoms with E-state index in [2.05, 4.69) is 10.3 Å². The molecule has 2 aromatic rings. The van der Waals surface area contributed by atoms with Gasteiger partial charge in [0.25, 0.3) is 5.91 Å². The number of H-pyrrole nitrogens is 1. The van der Waals surface area contributed by atoms with Gasteiger partial charge in [0.2, 0.25) is 0 Å². The second kappa shape index (κ2) is 6.98. The number of aromatic amines is 1. The Kier molecular flexibility index (Phi) is 5.04. The van der Waals surface area contributed by atoms with Gasteiger partial charge in [-0.1, -0.05) is 0 Å². The summed E-state index contributed by atoms with van der Waals surface area (Å²) in [6.07, 6.45) is 1.82. The Labute approximate surface area is 128 Å². The van der Waals surface area contributed by atoms with Crippen molar-refractivity contribution in [2.45, 2.75) is 26.4 Å². The maximum absolute atomic E-state index is 11.8. The molecule has 6 nitrogen and oxygen atoms in total. The fraction of sp³-hybridized carbons (Fsp3) is 0.375. The fourth-order valence-electron chi connectivity index (χ4n) is 2.26. The lowest BCUT2D eigenvalue weighted by Gasteiger charge is -2.11. The van der Waals surface area contributed by atoms with E-state index in [0.717, 1.165) is 22.2 Å². The van der Waals surface area contributed by atoms with E-state index in [0.29, 0.717) is 13.0 Å². The van der Waals surface area contributed by atoms with Gasteiger partial charge in [-0.05, 0) is 37.1 Å². The number of hydrogen-bond donors (Lipinski definition) is 2. The van der Waals surface area contributed by atoms with Gasteiger partial charge in [-0.15, -0.1) is 0 Å². The lowest BCUT2D eigenvalue weighted by Crippen LogP contribution is -2.36. The molecule has 0 saturated heterocycles. The van der Waals surface area contributed by atoms with Gasteiger partial charge in [0.05, 0.1) is 7.11 Å². The highest BCUT2D eigenvalue weighted by molar-refractivity contribution is 5.85. The van der Waals surface area contributed by atoms with Crippen molar-refractivity contribution in [1.29, 1.82) is 0 Å². The van der Waals surface area contributed by atoms with Crippen LogP contribution in [0.15, 0.2) is 24.4 Å².